The first-order valence-corrected chi connectivity index (χ1v) is 6.85. The highest BCUT2D eigenvalue weighted by molar-refractivity contribution is 4.80. The predicted molar refractivity (Wildman–Crippen MR) is 65.1 cm³/mol. The molecule has 1 saturated carbocycles. The second-order valence-corrected chi connectivity index (χ2v) is 5.24. The van der Waals surface area contributed by atoms with Crippen molar-refractivity contribution < 1.29 is 0 Å². The van der Waals surface area contributed by atoms with E-state index in [1.807, 2.05) is 0 Å². The Balaban J connectivity index is 1.78. The molecule has 1 unspecified atom stereocenters. The summed E-state index contributed by atoms with van der Waals surface area (Å²) in [6.45, 7) is 7.42. The molecule has 1 aliphatic heterocycles. The molecule has 1 N–H and O–H groups in total. The van der Waals surface area contributed by atoms with Crippen LogP contribution in [0, 0.1) is 5.92 Å². The number of rotatable bonds is 4. The summed E-state index contributed by atoms with van der Waals surface area (Å²) in [5.41, 5.74) is 0. The van der Waals surface area contributed by atoms with E-state index in [9.17, 15) is 0 Å². The summed E-state index contributed by atoms with van der Waals surface area (Å²) in [6, 6.07) is 0.914. The lowest BCUT2D eigenvalue weighted by Gasteiger charge is -2.33. The number of piperidine rings is 1. The molecule has 1 atom stereocenters. The van der Waals surface area contributed by atoms with Gasteiger partial charge < -0.3 is 10.2 Å². The van der Waals surface area contributed by atoms with E-state index < -0.39 is 0 Å². The number of nitrogens with one attached hydrogen (secondary N) is 1. The van der Waals surface area contributed by atoms with E-state index in [0.29, 0.717) is 0 Å². The minimum absolute atomic E-state index is 0.914. The van der Waals surface area contributed by atoms with Gasteiger partial charge >= 0.3 is 0 Å². The SMILES string of the molecule is CCN(CC1CCCNC1)C1CCCC1. The van der Waals surface area contributed by atoms with Crippen LogP contribution in [-0.2, 0) is 0 Å². The summed E-state index contributed by atoms with van der Waals surface area (Å²) in [7, 11) is 0. The summed E-state index contributed by atoms with van der Waals surface area (Å²) in [5.74, 6) is 0.916. The third-order valence-corrected chi connectivity index (χ3v) is 4.14. The zero-order valence-electron chi connectivity index (χ0n) is 10.2. The number of hydrogen-bond acceptors (Lipinski definition) is 2. The molecule has 88 valence electrons. The fourth-order valence-electron chi connectivity index (χ4n) is 3.22. The number of nitrogens with zero attached hydrogens (tertiary/aromatic N) is 1. The Morgan fingerprint density at radius 3 is 2.53 bits per heavy atom. The van der Waals surface area contributed by atoms with Crippen LogP contribution < -0.4 is 5.32 Å². The van der Waals surface area contributed by atoms with Crippen LogP contribution in [-0.4, -0.2) is 37.1 Å². The molecule has 0 spiro atoms. The lowest BCUT2D eigenvalue weighted by atomic mass is 9.98. The zero-order chi connectivity index (χ0) is 10.5. The molecule has 2 nitrogen and oxygen atoms in total. The first-order chi connectivity index (χ1) is 7.40. The molecule has 2 fully saturated rings. The van der Waals surface area contributed by atoms with Crippen LogP contribution in [0.5, 0.6) is 0 Å². The van der Waals surface area contributed by atoms with Crippen molar-refractivity contribution in [2.24, 2.45) is 5.92 Å². The van der Waals surface area contributed by atoms with E-state index >= 15 is 0 Å². The molecule has 1 saturated heterocycles. The standard InChI is InChI=1S/C13H26N2/c1-2-15(13-7-3-4-8-13)11-12-6-5-9-14-10-12/h12-14H,2-11H2,1H3. The molecule has 2 heteroatoms. The van der Waals surface area contributed by atoms with Gasteiger partial charge in [0.2, 0.25) is 0 Å². The van der Waals surface area contributed by atoms with Crippen molar-refractivity contribution in [3.8, 4) is 0 Å². The fraction of sp³-hybridized carbons (Fsp3) is 1.00. The lowest BCUT2D eigenvalue weighted by molar-refractivity contribution is 0.163. The molecule has 0 aromatic carbocycles. The van der Waals surface area contributed by atoms with E-state index in [-0.39, 0.29) is 0 Å². The highest BCUT2D eigenvalue weighted by atomic mass is 15.2. The van der Waals surface area contributed by atoms with E-state index in [2.05, 4.69) is 17.1 Å². The van der Waals surface area contributed by atoms with Gasteiger partial charge in [0, 0.05) is 12.6 Å². The van der Waals surface area contributed by atoms with Gasteiger partial charge in [0.15, 0.2) is 0 Å². The molecule has 1 aliphatic carbocycles. The molecule has 0 aromatic heterocycles. The Morgan fingerprint density at radius 2 is 1.93 bits per heavy atom. The topological polar surface area (TPSA) is 15.3 Å². The second-order valence-electron chi connectivity index (χ2n) is 5.24. The van der Waals surface area contributed by atoms with Crippen molar-refractivity contribution in [1.82, 2.24) is 10.2 Å². The summed E-state index contributed by atoms with van der Waals surface area (Å²) < 4.78 is 0. The molecule has 2 rings (SSSR count). The summed E-state index contributed by atoms with van der Waals surface area (Å²) in [4.78, 5) is 2.74. The Hall–Kier alpha value is -0.0800. The minimum Gasteiger partial charge on any atom is -0.316 e. The Bertz CT molecular complexity index is 169. The summed E-state index contributed by atoms with van der Waals surface area (Å²) in [6.07, 6.45) is 8.65. The average Bonchev–Trinajstić information content (AvgIpc) is 2.81. The van der Waals surface area contributed by atoms with E-state index in [1.54, 1.807) is 0 Å². The molecular weight excluding hydrogens is 184 g/mol. The van der Waals surface area contributed by atoms with Crippen LogP contribution in [0.1, 0.15) is 45.4 Å². The van der Waals surface area contributed by atoms with E-state index in [1.165, 1.54) is 64.7 Å². The van der Waals surface area contributed by atoms with Crippen molar-refractivity contribution in [2.75, 3.05) is 26.2 Å². The maximum Gasteiger partial charge on any atom is 0.00952 e. The third-order valence-electron chi connectivity index (χ3n) is 4.14. The molecule has 2 aliphatic rings. The molecule has 15 heavy (non-hydrogen) atoms. The van der Waals surface area contributed by atoms with Crippen molar-refractivity contribution in [1.29, 1.82) is 0 Å². The highest BCUT2D eigenvalue weighted by Gasteiger charge is 2.24. The maximum absolute atomic E-state index is 3.53. The molecular formula is C13H26N2. The van der Waals surface area contributed by atoms with Gasteiger partial charge in [-0.05, 0) is 51.2 Å². The third kappa shape index (κ3) is 3.18. The lowest BCUT2D eigenvalue weighted by Crippen LogP contribution is -2.42. The first kappa shape index (κ1) is 11.4. The van der Waals surface area contributed by atoms with Crippen LogP contribution in [0.3, 0.4) is 0 Å². The van der Waals surface area contributed by atoms with E-state index in [0.717, 1.165) is 12.0 Å². The monoisotopic (exact) mass is 210 g/mol. The van der Waals surface area contributed by atoms with Gasteiger partial charge in [0.05, 0.1) is 0 Å². The highest BCUT2D eigenvalue weighted by Crippen LogP contribution is 2.24. The molecule has 1 heterocycles. The van der Waals surface area contributed by atoms with Crippen LogP contribution in [0.25, 0.3) is 0 Å². The zero-order valence-corrected chi connectivity index (χ0v) is 10.2. The van der Waals surface area contributed by atoms with Crippen molar-refractivity contribution in [3.63, 3.8) is 0 Å². The van der Waals surface area contributed by atoms with Gasteiger partial charge in [0.1, 0.15) is 0 Å². The Labute approximate surface area is 94.4 Å². The molecule has 0 bridgehead atoms. The summed E-state index contributed by atoms with van der Waals surface area (Å²) >= 11 is 0. The quantitative estimate of drug-likeness (QED) is 0.765. The Morgan fingerprint density at radius 1 is 1.13 bits per heavy atom. The van der Waals surface area contributed by atoms with Gasteiger partial charge in [-0.1, -0.05) is 19.8 Å². The van der Waals surface area contributed by atoms with Crippen LogP contribution in [0.2, 0.25) is 0 Å². The smallest absolute Gasteiger partial charge is 0.00952 e. The van der Waals surface area contributed by atoms with Gasteiger partial charge in [-0.15, -0.1) is 0 Å². The van der Waals surface area contributed by atoms with Crippen LogP contribution >= 0.6 is 0 Å². The van der Waals surface area contributed by atoms with Crippen molar-refractivity contribution >= 4 is 0 Å². The molecule has 0 amide bonds. The van der Waals surface area contributed by atoms with Gasteiger partial charge in [0.25, 0.3) is 0 Å². The average molecular weight is 210 g/mol. The normalized spacial score (nSPS) is 28.8. The van der Waals surface area contributed by atoms with Crippen LogP contribution in [0.4, 0.5) is 0 Å². The van der Waals surface area contributed by atoms with Gasteiger partial charge in [-0.2, -0.15) is 0 Å². The van der Waals surface area contributed by atoms with Gasteiger partial charge in [-0.3, -0.25) is 0 Å². The van der Waals surface area contributed by atoms with Crippen molar-refractivity contribution in [3.05, 3.63) is 0 Å². The largest absolute Gasteiger partial charge is 0.316 e. The van der Waals surface area contributed by atoms with Crippen molar-refractivity contribution in [2.45, 2.75) is 51.5 Å². The van der Waals surface area contributed by atoms with Crippen LogP contribution in [0.15, 0.2) is 0 Å². The van der Waals surface area contributed by atoms with Gasteiger partial charge in [-0.25, -0.2) is 0 Å². The Kier molecular flexibility index (Phi) is 4.45. The molecule has 0 radical (unpaired) electrons. The predicted octanol–water partition coefficient (Wildman–Crippen LogP) is 2.25. The first-order valence-electron chi connectivity index (χ1n) is 6.85. The van der Waals surface area contributed by atoms with E-state index in [4.69, 9.17) is 0 Å². The minimum atomic E-state index is 0.914. The maximum atomic E-state index is 3.53. The molecule has 0 aromatic rings. The second kappa shape index (κ2) is 5.86. The fourth-order valence-corrected chi connectivity index (χ4v) is 3.22. The summed E-state index contributed by atoms with van der Waals surface area (Å²) in [5, 5.41) is 3.53. The number of hydrogen-bond donors (Lipinski definition) is 1.